The molecule has 8 heteroatoms. The van der Waals surface area contributed by atoms with Crippen molar-refractivity contribution in [1.29, 1.82) is 0 Å². The zero-order valence-corrected chi connectivity index (χ0v) is 11.6. The summed E-state index contributed by atoms with van der Waals surface area (Å²) in [7, 11) is -3.78. The van der Waals surface area contributed by atoms with Crippen LogP contribution in [0.2, 0.25) is 0 Å². The van der Waals surface area contributed by atoms with Crippen molar-refractivity contribution in [2.45, 2.75) is 6.92 Å². The fraction of sp³-hybridized carbons (Fsp3) is 0.364. The Labute approximate surface area is 115 Å². The van der Waals surface area contributed by atoms with E-state index in [4.69, 9.17) is 16.7 Å². The quantitative estimate of drug-likeness (QED) is 0.789. The van der Waals surface area contributed by atoms with Gasteiger partial charge < -0.3 is 5.11 Å². The summed E-state index contributed by atoms with van der Waals surface area (Å²) in [5.74, 6) is -2.53. The average Bonchev–Trinajstić information content (AvgIpc) is 2.30. The number of rotatable bonds is 6. The Morgan fingerprint density at radius 1 is 1.53 bits per heavy atom. The van der Waals surface area contributed by atoms with E-state index in [9.17, 15) is 17.6 Å². The minimum absolute atomic E-state index is 0.151. The molecule has 0 aliphatic heterocycles. The maximum Gasteiger partial charge on any atom is 0.335 e. The van der Waals surface area contributed by atoms with E-state index in [1.807, 2.05) is 4.72 Å². The van der Waals surface area contributed by atoms with E-state index >= 15 is 0 Å². The van der Waals surface area contributed by atoms with Crippen LogP contribution in [-0.4, -0.2) is 31.1 Å². The molecule has 0 fully saturated rings. The summed E-state index contributed by atoms with van der Waals surface area (Å²) in [5, 5.41) is 8.76. The molecule has 19 heavy (non-hydrogen) atoms. The number of sulfonamides is 1. The number of halogens is 2. The topological polar surface area (TPSA) is 83.5 Å². The second-order valence-electron chi connectivity index (χ2n) is 4.14. The van der Waals surface area contributed by atoms with E-state index in [0.717, 1.165) is 18.2 Å². The molecule has 5 nitrogen and oxygen atoms in total. The highest BCUT2D eigenvalue weighted by atomic mass is 35.5. The number of carbonyl (C=O) groups is 1. The van der Waals surface area contributed by atoms with Crippen LogP contribution in [0.1, 0.15) is 17.3 Å². The van der Waals surface area contributed by atoms with Gasteiger partial charge in [0, 0.05) is 5.88 Å². The maximum atomic E-state index is 13.4. The summed E-state index contributed by atoms with van der Waals surface area (Å²) in [4.78, 5) is 10.7. The highest BCUT2D eigenvalue weighted by molar-refractivity contribution is 7.92. The van der Waals surface area contributed by atoms with Gasteiger partial charge in [-0.3, -0.25) is 4.72 Å². The van der Waals surface area contributed by atoms with Gasteiger partial charge in [0.25, 0.3) is 0 Å². The molecular formula is C11H13ClFNO4S. The van der Waals surface area contributed by atoms with E-state index in [-0.39, 0.29) is 28.8 Å². The summed E-state index contributed by atoms with van der Waals surface area (Å²) >= 11 is 5.52. The minimum Gasteiger partial charge on any atom is -0.478 e. The molecule has 106 valence electrons. The molecule has 0 radical (unpaired) electrons. The molecule has 0 heterocycles. The number of carboxylic acids is 1. The highest BCUT2D eigenvalue weighted by Crippen LogP contribution is 2.18. The molecular weight excluding hydrogens is 297 g/mol. The fourth-order valence-corrected chi connectivity index (χ4v) is 3.05. The second-order valence-corrected chi connectivity index (χ2v) is 6.22. The molecule has 0 amide bonds. The lowest BCUT2D eigenvalue weighted by Crippen LogP contribution is -2.22. The summed E-state index contributed by atoms with van der Waals surface area (Å²) in [6, 6.07) is 2.88. The first kappa shape index (κ1) is 15.7. The van der Waals surface area contributed by atoms with Gasteiger partial charge in [-0.05, 0) is 24.1 Å². The first-order valence-electron chi connectivity index (χ1n) is 5.34. The fourth-order valence-electron chi connectivity index (χ4n) is 1.36. The van der Waals surface area contributed by atoms with E-state index in [1.165, 1.54) is 0 Å². The lowest BCUT2D eigenvalue weighted by molar-refractivity contribution is 0.0697. The summed E-state index contributed by atoms with van der Waals surface area (Å²) in [6.45, 7) is 1.64. The number of aromatic carboxylic acids is 1. The van der Waals surface area contributed by atoms with Gasteiger partial charge >= 0.3 is 5.97 Å². The number of nitrogens with one attached hydrogen (secondary N) is 1. The van der Waals surface area contributed by atoms with Crippen LogP contribution in [0.25, 0.3) is 0 Å². The molecule has 0 saturated heterocycles. The predicted molar refractivity (Wildman–Crippen MR) is 70.7 cm³/mol. The molecule has 1 aromatic carbocycles. The molecule has 1 unspecified atom stereocenters. The van der Waals surface area contributed by atoms with Crippen LogP contribution in [0.3, 0.4) is 0 Å². The van der Waals surface area contributed by atoms with Crippen LogP contribution < -0.4 is 4.72 Å². The van der Waals surface area contributed by atoms with Gasteiger partial charge in [-0.15, -0.1) is 11.6 Å². The van der Waals surface area contributed by atoms with Gasteiger partial charge in [0.05, 0.1) is 17.0 Å². The average molecular weight is 310 g/mol. The van der Waals surface area contributed by atoms with Crippen molar-refractivity contribution in [3.63, 3.8) is 0 Å². The predicted octanol–water partition coefficient (Wildman–Crippen LogP) is 2.14. The molecule has 0 aromatic heterocycles. The van der Waals surface area contributed by atoms with Crippen LogP contribution in [0.15, 0.2) is 18.2 Å². The van der Waals surface area contributed by atoms with Crippen molar-refractivity contribution in [3.05, 3.63) is 29.6 Å². The Balaban J connectivity index is 2.98. The first-order valence-corrected chi connectivity index (χ1v) is 7.53. The van der Waals surface area contributed by atoms with Crippen molar-refractivity contribution in [2.24, 2.45) is 5.92 Å². The highest BCUT2D eigenvalue weighted by Gasteiger charge is 2.18. The monoisotopic (exact) mass is 309 g/mol. The SMILES string of the molecule is CC(CCl)CS(=O)(=O)Nc1cc(C(=O)O)ccc1F. The van der Waals surface area contributed by atoms with Crippen LogP contribution in [-0.2, 0) is 10.0 Å². The van der Waals surface area contributed by atoms with E-state index in [2.05, 4.69) is 0 Å². The Bertz CT molecular complexity index is 576. The van der Waals surface area contributed by atoms with Gasteiger partial charge in [0.15, 0.2) is 0 Å². The molecule has 1 rings (SSSR count). The van der Waals surface area contributed by atoms with Gasteiger partial charge in [-0.25, -0.2) is 17.6 Å². The van der Waals surface area contributed by atoms with Crippen LogP contribution >= 0.6 is 11.6 Å². The molecule has 0 saturated carbocycles. The number of benzene rings is 1. The van der Waals surface area contributed by atoms with E-state index < -0.39 is 21.8 Å². The third-order valence-electron chi connectivity index (χ3n) is 2.25. The molecule has 0 bridgehead atoms. The Hall–Kier alpha value is -1.34. The number of anilines is 1. The van der Waals surface area contributed by atoms with Gasteiger partial charge in [-0.1, -0.05) is 6.92 Å². The lowest BCUT2D eigenvalue weighted by Gasteiger charge is -2.12. The van der Waals surface area contributed by atoms with Crippen LogP contribution in [0.5, 0.6) is 0 Å². The van der Waals surface area contributed by atoms with Gasteiger partial charge in [-0.2, -0.15) is 0 Å². The first-order chi connectivity index (χ1) is 8.75. The van der Waals surface area contributed by atoms with E-state index in [0.29, 0.717) is 0 Å². The largest absolute Gasteiger partial charge is 0.478 e. The molecule has 1 aromatic rings. The molecule has 0 aliphatic rings. The van der Waals surface area contributed by atoms with Crippen molar-refractivity contribution in [1.82, 2.24) is 0 Å². The third kappa shape index (κ3) is 4.68. The molecule has 2 N–H and O–H groups in total. The molecule has 1 atom stereocenters. The third-order valence-corrected chi connectivity index (χ3v) is 4.31. The smallest absolute Gasteiger partial charge is 0.335 e. The number of hydrogen-bond donors (Lipinski definition) is 2. The lowest BCUT2D eigenvalue weighted by atomic mass is 10.2. The normalized spacial score (nSPS) is 13.0. The summed E-state index contributed by atoms with van der Waals surface area (Å²) in [6.07, 6.45) is 0. The summed E-state index contributed by atoms with van der Waals surface area (Å²) in [5.41, 5.74) is -0.592. The Morgan fingerprint density at radius 3 is 2.68 bits per heavy atom. The number of hydrogen-bond acceptors (Lipinski definition) is 3. The van der Waals surface area contributed by atoms with Crippen LogP contribution in [0, 0.1) is 11.7 Å². The minimum atomic E-state index is -3.78. The van der Waals surface area contributed by atoms with Gasteiger partial charge in [0.2, 0.25) is 10.0 Å². The number of alkyl halides is 1. The summed E-state index contributed by atoms with van der Waals surface area (Å²) < 4.78 is 38.9. The van der Waals surface area contributed by atoms with Crippen molar-refractivity contribution in [2.75, 3.05) is 16.4 Å². The van der Waals surface area contributed by atoms with Crippen molar-refractivity contribution >= 4 is 33.3 Å². The second kappa shape index (κ2) is 6.21. The van der Waals surface area contributed by atoms with E-state index in [1.54, 1.807) is 6.92 Å². The Morgan fingerprint density at radius 2 is 2.16 bits per heavy atom. The van der Waals surface area contributed by atoms with Crippen LogP contribution in [0.4, 0.5) is 10.1 Å². The zero-order valence-electron chi connectivity index (χ0n) is 10.1. The maximum absolute atomic E-state index is 13.4. The van der Waals surface area contributed by atoms with Gasteiger partial charge in [0.1, 0.15) is 5.82 Å². The zero-order chi connectivity index (χ0) is 14.6. The number of carboxylic acid groups (broad SMARTS) is 1. The Kier molecular flexibility index (Phi) is 5.13. The van der Waals surface area contributed by atoms with Crippen molar-refractivity contribution in [3.8, 4) is 0 Å². The molecule has 0 spiro atoms. The van der Waals surface area contributed by atoms with Crippen molar-refractivity contribution < 1.29 is 22.7 Å². The standard InChI is InChI=1S/C11H13ClFNO4S/c1-7(5-12)6-19(17,18)14-10-4-8(11(15)16)2-3-9(10)13/h2-4,7,14H,5-6H2,1H3,(H,15,16). The molecule has 0 aliphatic carbocycles.